The van der Waals surface area contributed by atoms with Crippen molar-refractivity contribution in [3.05, 3.63) is 59.7 Å². The zero-order valence-corrected chi connectivity index (χ0v) is 22.3. The molecule has 0 radical (unpaired) electrons. The molecule has 0 fully saturated rings. The lowest BCUT2D eigenvalue weighted by Crippen LogP contribution is -2.53. The molecule has 8 nitrogen and oxygen atoms in total. The smallest absolute Gasteiger partial charge is 0.244 e. The first kappa shape index (κ1) is 28.2. The molecular formula is C26H37N3O5S. The molecule has 0 bridgehead atoms. The van der Waals surface area contributed by atoms with Crippen molar-refractivity contribution >= 4 is 27.5 Å². The third kappa shape index (κ3) is 7.99. The predicted octanol–water partition coefficient (Wildman–Crippen LogP) is 3.49. The van der Waals surface area contributed by atoms with Gasteiger partial charge in [-0.1, -0.05) is 38.1 Å². The van der Waals surface area contributed by atoms with Crippen molar-refractivity contribution in [2.75, 3.05) is 24.2 Å². The van der Waals surface area contributed by atoms with Crippen molar-refractivity contribution in [3.8, 4) is 5.75 Å². The molecule has 1 N–H and O–H groups in total. The second-order valence-corrected chi connectivity index (χ2v) is 10.6. The number of rotatable bonds is 12. The Hall–Kier alpha value is -3.07. The lowest BCUT2D eigenvalue weighted by molar-refractivity contribution is -0.140. The molecule has 9 heteroatoms. The number of methoxy groups -OCH3 is 1. The number of carbonyl (C=O) groups excluding carboxylic acids is 2. The summed E-state index contributed by atoms with van der Waals surface area (Å²) in [5.74, 6) is -0.0417. The maximum absolute atomic E-state index is 13.7. The highest BCUT2D eigenvalue weighted by Crippen LogP contribution is 2.21. The van der Waals surface area contributed by atoms with Crippen LogP contribution in [-0.2, 0) is 26.2 Å². The summed E-state index contributed by atoms with van der Waals surface area (Å²) in [6.07, 6.45) is 2.21. The summed E-state index contributed by atoms with van der Waals surface area (Å²) in [6, 6.07) is 13.4. The molecule has 0 unspecified atom stereocenters. The molecule has 0 saturated heterocycles. The Bertz CT molecular complexity index is 1100. The van der Waals surface area contributed by atoms with Crippen LogP contribution in [0, 0.1) is 6.92 Å². The van der Waals surface area contributed by atoms with Gasteiger partial charge in [-0.2, -0.15) is 0 Å². The van der Waals surface area contributed by atoms with Gasteiger partial charge in [-0.25, -0.2) is 8.42 Å². The molecule has 0 aromatic heterocycles. The fraction of sp³-hybridized carbons (Fsp3) is 0.462. The number of hydrogen-bond donors (Lipinski definition) is 1. The lowest BCUT2D eigenvalue weighted by Gasteiger charge is -2.33. The van der Waals surface area contributed by atoms with E-state index in [1.807, 2.05) is 45.9 Å². The van der Waals surface area contributed by atoms with Gasteiger partial charge >= 0.3 is 0 Å². The highest BCUT2D eigenvalue weighted by atomic mass is 32.2. The molecule has 2 amide bonds. The largest absolute Gasteiger partial charge is 0.497 e. The molecule has 0 aliphatic rings. The zero-order chi connectivity index (χ0) is 26.2. The van der Waals surface area contributed by atoms with Gasteiger partial charge in [-0.05, 0) is 62.1 Å². The predicted molar refractivity (Wildman–Crippen MR) is 139 cm³/mol. The normalized spacial score (nSPS) is 13.0. The van der Waals surface area contributed by atoms with Crippen molar-refractivity contribution in [2.45, 2.75) is 59.2 Å². The first-order valence-electron chi connectivity index (χ1n) is 11.8. The minimum absolute atomic E-state index is 0.0469. The number of benzene rings is 2. The number of ether oxygens (including phenoxy) is 1. The Kier molecular flexibility index (Phi) is 10.1. The number of carbonyl (C=O) groups is 2. The highest BCUT2D eigenvalue weighted by Gasteiger charge is 2.32. The second-order valence-electron chi connectivity index (χ2n) is 8.72. The number of sulfonamides is 1. The maximum atomic E-state index is 13.7. The standard InChI is InChI=1S/C26H37N3O5S/c1-7-20(4)27-26(31)24(8-2)28(17-21-12-14-23(34-5)15-13-21)25(30)18-29(35(6,32)33)22-11-9-10-19(3)16-22/h9-16,20,24H,7-8,17-18H2,1-6H3,(H,27,31)/t20-,24+/m1/s1. The summed E-state index contributed by atoms with van der Waals surface area (Å²) in [6.45, 7) is 7.31. The van der Waals surface area contributed by atoms with Gasteiger partial charge in [-0.15, -0.1) is 0 Å². The van der Waals surface area contributed by atoms with Crippen LogP contribution in [0.4, 0.5) is 5.69 Å². The van der Waals surface area contributed by atoms with Crippen molar-refractivity contribution in [1.82, 2.24) is 10.2 Å². The van der Waals surface area contributed by atoms with Gasteiger partial charge < -0.3 is 15.0 Å². The number of anilines is 1. The highest BCUT2D eigenvalue weighted by molar-refractivity contribution is 7.92. The van der Waals surface area contributed by atoms with Crippen LogP contribution in [0.3, 0.4) is 0 Å². The minimum atomic E-state index is -3.75. The number of hydrogen-bond acceptors (Lipinski definition) is 5. The number of aryl methyl sites for hydroxylation is 1. The van der Waals surface area contributed by atoms with E-state index in [2.05, 4.69) is 5.32 Å². The number of nitrogens with zero attached hydrogens (tertiary/aromatic N) is 2. The Morgan fingerprint density at radius 2 is 1.71 bits per heavy atom. The quantitative estimate of drug-likeness (QED) is 0.478. The average Bonchev–Trinajstić information content (AvgIpc) is 2.81. The molecule has 0 aliphatic carbocycles. The molecule has 2 rings (SSSR count). The maximum Gasteiger partial charge on any atom is 0.244 e. The van der Waals surface area contributed by atoms with Gasteiger partial charge in [0.1, 0.15) is 18.3 Å². The molecule has 0 saturated carbocycles. The Morgan fingerprint density at radius 1 is 1.06 bits per heavy atom. The summed E-state index contributed by atoms with van der Waals surface area (Å²) in [5.41, 5.74) is 2.08. The van der Waals surface area contributed by atoms with Crippen LogP contribution >= 0.6 is 0 Å². The summed E-state index contributed by atoms with van der Waals surface area (Å²) < 4.78 is 31.6. The summed E-state index contributed by atoms with van der Waals surface area (Å²) in [7, 11) is -2.18. The molecule has 0 spiro atoms. The summed E-state index contributed by atoms with van der Waals surface area (Å²) in [5, 5.41) is 2.96. The van der Waals surface area contributed by atoms with E-state index in [9.17, 15) is 18.0 Å². The van der Waals surface area contributed by atoms with Gasteiger partial charge in [0.2, 0.25) is 21.8 Å². The van der Waals surface area contributed by atoms with E-state index in [0.29, 0.717) is 17.9 Å². The van der Waals surface area contributed by atoms with E-state index in [1.54, 1.807) is 37.4 Å². The fourth-order valence-electron chi connectivity index (χ4n) is 3.69. The molecule has 192 valence electrons. The van der Waals surface area contributed by atoms with Crippen LogP contribution in [0.5, 0.6) is 5.75 Å². The average molecular weight is 504 g/mol. The van der Waals surface area contributed by atoms with E-state index in [4.69, 9.17) is 4.74 Å². The van der Waals surface area contributed by atoms with Crippen LogP contribution in [0.25, 0.3) is 0 Å². The van der Waals surface area contributed by atoms with E-state index < -0.39 is 28.5 Å². The molecular weight excluding hydrogens is 466 g/mol. The molecule has 2 aromatic carbocycles. The van der Waals surface area contributed by atoms with E-state index in [-0.39, 0.29) is 18.5 Å². The molecule has 2 aromatic rings. The van der Waals surface area contributed by atoms with Crippen molar-refractivity contribution in [2.24, 2.45) is 0 Å². The van der Waals surface area contributed by atoms with Crippen molar-refractivity contribution < 1.29 is 22.7 Å². The number of nitrogens with one attached hydrogen (secondary N) is 1. The van der Waals surface area contributed by atoms with Crippen LogP contribution in [0.15, 0.2) is 48.5 Å². The van der Waals surface area contributed by atoms with Gasteiger partial charge in [0.15, 0.2) is 0 Å². The van der Waals surface area contributed by atoms with Crippen LogP contribution in [-0.4, -0.2) is 57.1 Å². The lowest BCUT2D eigenvalue weighted by atomic mass is 10.1. The Morgan fingerprint density at radius 3 is 2.23 bits per heavy atom. The monoisotopic (exact) mass is 503 g/mol. The summed E-state index contributed by atoms with van der Waals surface area (Å²) >= 11 is 0. The van der Waals surface area contributed by atoms with Gasteiger partial charge in [-0.3, -0.25) is 13.9 Å². The SMILES string of the molecule is CC[C@@H](C)NC(=O)[C@H](CC)N(Cc1ccc(OC)cc1)C(=O)CN(c1cccc(C)c1)S(C)(=O)=O. The van der Waals surface area contributed by atoms with Gasteiger partial charge in [0.05, 0.1) is 19.1 Å². The van der Waals surface area contributed by atoms with Crippen LogP contribution in [0.1, 0.15) is 44.7 Å². The topological polar surface area (TPSA) is 96.0 Å². The second kappa shape index (κ2) is 12.6. The van der Waals surface area contributed by atoms with Gasteiger partial charge in [0, 0.05) is 12.6 Å². The van der Waals surface area contributed by atoms with E-state index in [0.717, 1.165) is 28.1 Å². The molecule has 0 aliphatic heterocycles. The Balaban J connectivity index is 2.43. The number of amides is 2. The van der Waals surface area contributed by atoms with E-state index in [1.165, 1.54) is 4.90 Å². The Labute approximate surface area is 209 Å². The molecule has 2 atom stereocenters. The first-order valence-corrected chi connectivity index (χ1v) is 13.6. The van der Waals surface area contributed by atoms with E-state index >= 15 is 0 Å². The first-order chi connectivity index (χ1) is 16.5. The third-order valence-corrected chi connectivity index (χ3v) is 7.01. The molecule has 35 heavy (non-hydrogen) atoms. The summed E-state index contributed by atoms with van der Waals surface area (Å²) in [4.78, 5) is 28.2. The van der Waals surface area contributed by atoms with Crippen molar-refractivity contribution in [3.63, 3.8) is 0 Å². The fourth-order valence-corrected chi connectivity index (χ4v) is 4.53. The van der Waals surface area contributed by atoms with Gasteiger partial charge in [0.25, 0.3) is 0 Å². The van der Waals surface area contributed by atoms with Crippen molar-refractivity contribution in [1.29, 1.82) is 0 Å². The molecule has 0 heterocycles. The van der Waals surface area contributed by atoms with Crippen LogP contribution in [0.2, 0.25) is 0 Å². The van der Waals surface area contributed by atoms with Crippen LogP contribution < -0.4 is 14.4 Å². The minimum Gasteiger partial charge on any atom is -0.497 e. The zero-order valence-electron chi connectivity index (χ0n) is 21.4. The third-order valence-electron chi connectivity index (χ3n) is 5.87.